The Bertz CT molecular complexity index is 3750. The molecule has 9 aromatic carbocycles. The lowest BCUT2D eigenvalue weighted by Crippen LogP contribution is -2.23. The van der Waals surface area contributed by atoms with Gasteiger partial charge in [-0.05, 0) is 101 Å². The number of fused-ring (bicyclic) bond motifs is 10. The first kappa shape index (κ1) is 40.0. The predicted molar refractivity (Wildman–Crippen MR) is 281 cm³/mol. The van der Waals surface area contributed by atoms with E-state index in [2.05, 4.69) is 244 Å². The van der Waals surface area contributed by atoms with Crippen molar-refractivity contribution in [2.24, 2.45) is 0 Å². The van der Waals surface area contributed by atoms with Crippen molar-refractivity contribution >= 4 is 56.1 Å². The van der Waals surface area contributed by atoms with Crippen molar-refractivity contribution in [3.8, 4) is 44.9 Å². The third kappa shape index (κ3) is 6.00. The van der Waals surface area contributed by atoms with Crippen LogP contribution in [0.2, 0.25) is 0 Å². The molecule has 68 heavy (non-hydrogen) atoms. The second-order valence-electron chi connectivity index (χ2n) is 19.3. The number of anilines is 6. The van der Waals surface area contributed by atoms with Crippen molar-refractivity contribution in [3.05, 3.63) is 241 Å². The molecule has 13 rings (SSSR count). The minimum atomic E-state index is -0.363. The molecule has 326 valence electrons. The third-order valence-corrected chi connectivity index (χ3v) is 14.6. The van der Waals surface area contributed by atoms with Gasteiger partial charge in [0.15, 0.2) is 0 Å². The number of nitrogens with zero attached hydrogens (tertiary/aromatic N) is 2. The summed E-state index contributed by atoms with van der Waals surface area (Å²) in [6.07, 6.45) is 0. The summed E-state index contributed by atoms with van der Waals surface area (Å²) >= 11 is 0. The average molecular weight is 877 g/mol. The molecule has 0 spiro atoms. The molecule has 0 fully saturated rings. The summed E-state index contributed by atoms with van der Waals surface area (Å²) in [7, 11) is 0. The van der Waals surface area contributed by atoms with Gasteiger partial charge in [-0.25, -0.2) is 0 Å². The van der Waals surface area contributed by atoms with Crippen LogP contribution >= 0.6 is 0 Å². The van der Waals surface area contributed by atoms with E-state index in [1.807, 2.05) is 12.1 Å². The second-order valence-corrected chi connectivity index (χ2v) is 19.3. The molecule has 0 aliphatic heterocycles. The molecule has 4 heteroatoms. The average Bonchev–Trinajstić information content (AvgIpc) is 4.08. The Labute approximate surface area is 397 Å². The van der Waals surface area contributed by atoms with Gasteiger partial charge in [0.25, 0.3) is 0 Å². The lowest BCUT2D eigenvalue weighted by Gasteiger charge is -2.31. The molecule has 11 aromatic rings. The van der Waals surface area contributed by atoms with Crippen LogP contribution < -0.4 is 9.80 Å². The Morgan fingerprint density at radius 1 is 0.324 bits per heavy atom. The largest absolute Gasteiger partial charge is 0.456 e. The fraction of sp³-hybridized carbons (Fsp3) is 0.0938. The molecule has 2 aliphatic rings. The quantitative estimate of drug-likeness (QED) is 0.152. The van der Waals surface area contributed by atoms with Crippen LogP contribution in [0.4, 0.5) is 34.1 Å². The van der Waals surface area contributed by atoms with Gasteiger partial charge in [0.1, 0.15) is 22.7 Å². The van der Waals surface area contributed by atoms with Crippen LogP contribution in [0.15, 0.2) is 227 Å². The molecule has 0 bridgehead atoms. The first-order valence-corrected chi connectivity index (χ1v) is 23.6. The van der Waals surface area contributed by atoms with E-state index in [4.69, 9.17) is 8.83 Å². The number of rotatable bonds is 8. The number of para-hydroxylation sites is 4. The molecule has 4 nitrogen and oxygen atoms in total. The molecule has 0 amide bonds. The maximum atomic E-state index is 7.22. The molecule has 2 heterocycles. The van der Waals surface area contributed by atoms with Crippen LogP contribution in [-0.2, 0) is 10.8 Å². The van der Waals surface area contributed by atoms with E-state index < -0.39 is 0 Å². The standard InChI is InChI=1S/C64H48N2O2/c1-63(2)53-38-44(65(43-24-12-7-13-25-43)55-29-17-14-26-47(55)41-20-8-5-9-21-41)33-36-51(53)61-59(63)60-62(68-61)52-37-34-45(39-54(52)64(60,3)4)66(56-30-18-15-27-48(56)42-22-10-6-11-23-42)46-32-35-50-49-28-16-19-31-57(49)67-58(50)40-46/h5-40H,1-4H3. The van der Waals surface area contributed by atoms with E-state index in [1.54, 1.807) is 0 Å². The van der Waals surface area contributed by atoms with E-state index in [1.165, 1.54) is 33.4 Å². The van der Waals surface area contributed by atoms with Crippen LogP contribution in [0.5, 0.6) is 0 Å². The van der Waals surface area contributed by atoms with Crippen LogP contribution in [-0.4, -0.2) is 0 Å². The molecule has 2 aromatic heterocycles. The Balaban J connectivity index is 0.931. The molecule has 0 N–H and O–H groups in total. The number of furan rings is 2. The highest BCUT2D eigenvalue weighted by atomic mass is 16.3. The van der Waals surface area contributed by atoms with Crippen LogP contribution in [0.1, 0.15) is 49.9 Å². The molecule has 0 saturated heterocycles. The lowest BCUT2D eigenvalue weighted by molar-refractivity contribution is 0.592. The Kier molecular flexibility index (Phi) is 8.88. The lowest BCUT2D eigenvalue weighted by atomic mass is 9.74. The Morgan fingerprint density at radius 2 is 0.750 bits per heavy atom. The number of hydrogen-bond donors (Lipinski definition) is 0. The highest BCUT2D eigenvalue weighted by Crippen LogP contribution is 2.62. The summed E-state index contributed by atoms with van der Waals surface area (Å²) in [4.78, 5) is 4.80. The zero-order chi connectivity index (χ0) is 45.7. The zero-order valence-electron chi connectivity index (χ0n) is 38.5. The fourth-order valence-electron chi connectivity index (χ4n) is 11.4. The first-order chi connectivity index (χ1) is 33.3. The third-order valence-electron chi connectivity index (χ3n) is 14.6. The van der Waals surface area contributed by atoms with E-state index in [0.717, 1.165) is 89.8 Å². The summed E-state index contributed by atoms with van der Waals surface area (Å²) in [6, 6.07) is 78.3. The van der Waals surface area contributed by atoms with Crippen molar-refractivity contribution in [2.45, 2.75) is 38.5 Å². The molecule has 2 aliphatic carbocycles. The predicted octanol–water partition coefficient (Wildman–Crippen LogP) is 18.1. The molecular formula is C64H48N2O2. The van der Waals surface area contributed by atoms with Crippen molar-refractivity contribution in [1.82, 2.24) is 0 Å². The van der Waals surface area contributed by atoms with Gasteiger partial charge in [-0.3, -0.25) is 0 Å². The fourth-order valence-corrected chi connectivity index (χ4v) is 11.4. The maximum absolute atomic E-state index is 7.22. The monoisotopic (exact) mass is 876 g/mol. The van der Waals surface area contributed by atoms with E-state index in [9.17, 15) is 0 Å². The highest BCUT2D eigenvalue weighted by molar-refractivity contribution is 6.06. The molecular weight excluding hydrogens is 829 g/mol. The van der Waals surface area contributed by atoms with Gasteiger partial charge in [-0.1, -0.05) is 161 Å². The maximum Gasteiger partial charge on any atom is 0.139 e. The molecule has 0 unspecified atom stereocenters. The normalized spacial score (nSPS) is 13.8. The summed E-state index contributed by atoms with van der Waals surface area (Å²) in [6.45, 7) is 9.51. The van der Waals surface area contributed by atoms with Gasteiger partial charge in [-0.15, -0.1) is 0 Å². The smallest absolute Gasteiger partial charge is 0.139 e. The van der Waals surface area contributed by atoms with Crippen molar-refractivity contribution < 1.29 is 8.83 Å². The van der Waals surface area contributed by atoms with Crippen molar-refractivity contribution in [3.63, 3.8) is 0 Å². The summed E-state index contributed by atoms with van der Waals surface area (Å²) in [5.41, 5.74) is 19.6. The van der Waals surface area contributed by atoms with Crippen molar-refractivity contribution in [1.29, 1.82) is 0 Å². The Hall–Kier alpha value is -8.34. The molecule has 0 radical (unpaired) electrons. The van der Waals surface area contributed by atoms with Crippen LogP contribution in [0, 0.1) is 0 Å². The van der Waals surface area contributed by atoms with E-state index >= 15 is 0 Å². The SMILES string of the molecule is CC1(C)c2cc(N(c3ccccc3)c3ccccc3-c3ccccc3)ccc2-c2oc3c(c21)C(C)(C)c1cc(N(c2ccc4c(c2)oc2ccccc24)c2ccccc2-c2ccccc2)ccc1-3. The van der Waals surface area contributed by atoms with Gasteiger partial charge in [-0.2, -0.15) is 0 Å². The molecule has 0 atom stereocenters. The molecule has 0 saturated carbocycles. The van der Waals surface area contributed by atoms with Gasteiger partial charge >= 0.3 is 0 Å². The summed E-state index contributed by atoms with van der Waals surface area (Å²) in [5.74, 6) is 1.96. The van der Waals surface area contributed by atoms with Crippen molar-refractivity contribution in [2.75, 3.05) is 9.80 Å². The number of hydrogen-bond acceptors (Lipinski definition) is 4. The minimum absolute atomic E-state index is 0.343. The number of benzene rings is 9. The topological polar surface area (TPSA) is 32.8 Å². The van der Waals surface area contributed by atoms with Gasteiger partial charge in [0.05, 0.1) is 11.4 Å². The summed E-state index contributed by atoms with van der Waals surface area (Å²) in [5, 5.41) is 2.23. The summed E-state index contributed by atoms with van der Waals surface area (Å²) < 4.78 is 13.7. The van der Waals surface area contributed by atoms with Crippen LogP contribution in [0.25, 0.3) is 66.8 Å². The minimum Gasteiger partial charge on any atom is -0.456 e. The Morgan fingerprint density at radius 3 is 1.31 bits per heavy atom. The first-order valence-electron chi connectivity index (χ1n) is 23.6. The van der Waals surface area contributed by atoms with Crippen LogP contribution in [0.3, 0.4) is 0 Å². The van der Waals surface area contributed by atoms with E-state index in [0.29, 0.717) is 0 Å². The van der Waals surface area contributed by atoms with E-state index in [-0.39, 0.29) is 10.8 Å². The zero-order valence-corrected chi connectivity index (χ0v) is 38.5. The highest BCUT2D eigenvalue weighted by Gasteiger charge is 2.50. The van der Waals surface area contributed by atoms with Gasteiger partial charge < -0.3 is 18.6 Å². The van der Waals surface area contributed by atoms with Gasteiger partial charge in [0.2, 0.25) is 0 Å². The van der Waals surface area contributed by atoms with Gasteiger partial charge in [0, 0.05) is 83.8 Å². The second kappa shape index (κ2) is 15.1.